The van der Waals surface area contributed by atoms with Crippen molar-refractivity contribution in [3.05, 3.63) is 47.2 Å². The lowest BCUT2D eigenvalue weighted by Crippen LogP contribution is -2.17. The highest BCUT2D eigenvalue weighted by atomic mass is 79.9. The van der Waals surface area contributed by atoms with Crippen LogP contribution in [0.25, 0.3) is 11.1 Å². The SMILES string of the molecule is FC(F)(F)Oc1cc(Br)ccc1-c1cccnc1. The van der Waals surface area contributed by atoms with Gasteiger partial charge < -0.3 is 4.74 Å². The molecule has 2 rings (SSSR count). The molecule has 2 nitrogen and oxygen atoms in total. The van der Waals surface area contributed by atoms with Crippen molar-refractivity contribution in [1.82, 2.24) is 4.98 Å². The van der Waals surface area contributed by atoms with Crippen LogP contribution >= 0.6 is 15.9 Å². The van der Waals surface area contributed by atoms with Gasteiger partial charge in [-0.15, -0.1) is 13.2 Å². The highest BCUT2D eigenvalue weighted by Crippen LogP contribution is 2.35. The number of hydrogen-bond donors (Lipinski definition) is 0. The fraction of sp³-hybridized carbons (Fsp3) is 0.0833. The average molecular weight is 318 g/mol. The smallest absolute Gasteiger partial charge is 0.405 e. The van der Waals surface area contributed by atoms with E-state index < -0.39 is 6.36 Å². The molecule has 2 aromatic rings. The fourth-order valence-electron chi connectivity index (χ4n) is 1.47. The van der Waals surface area contributed by atoms with Crippen molar-refractivity contribution < 1.29 is 17.9 Å². The Kier molecular flexibility index (Phi) is 3.56. The second-order valence-corrected chi connectivity index (χ2v) is 4.35. The van der Waals surface area contributed by atoms with Crippen molar-refractivity contribution >= 4 is 15.9 Å². The van der Waals surface area contributed by atoms with Crippen molar-refractivity contribution in [2.24, 2.45) is 0 Å². The normalized spacial score (nSPS) is 11.3. The van der Waals surface area contributed by atoms with E-state index in [-0.39, 0.29) is 5.75 Å². The zero-order valence-corrected chi connectivity index (χ0v) is 10.5. The first-order valence-corrected chi connectivity index (χ1v) is 5.71. The van der Waals surface area contributed by atoms with Gasteiger partial charge in [0, 0.05) is 28.0 Å². The number of rotatable bonds is 2. The molecule has 1 aromatic heterocycles. The topological polar surface area (TPSA) is 22.1 Å². The van der Waals surface area contributed by atoms with Gasteiger partial charge in [-0.1, -0.05) is 22.0 Å². The van der Waals surface area contributed by atoms with E-state index in [0.717, 1.165) is 0 Å². The summed E-state index contributed by atoms with van der Waals surface area (Å²) in [5.74, 6) is -0.259. The van der Waals surface area contributed by atoms with E-state index in [2.05, 4.69) is 25.7 Å². The quantitative estimate of drug-likeness (QED) is 0.818. The number of aromatic nitrogens is 1. The van der Waals surface area contributed by atoms with Crippen LogP contribution in [0.15, 0.2) is 47.2 Å². The van der Waals surface area contributed by atoms with E-state index in [9.17, 15) is 13.2 Å². The third kappa shape index (κ3) is 3.22. The van der Waals surface area contributed by atoms with Crippen molar-refractivity contribution in [1.29, 1.82) is 0 Å². The molecule has 0 saturated heterocycles. The molecule has 94 valence electrons. The van der Waals surface area contributed by atoms with Crippen molar-refractivity contribution in [3.8, 4) is 16.9 Å². The van der Waals surface area contributed by atoms with Crippen LogP contribution in [0.3, 0.4) is 0 Å². The Morgan fingerprint density at radius 2 is 1.94 bits per heavy atom. The van der Waals surface area contributed by atoms with Gasteiger partial charge in [-0.25, -0.2) is 0 Å². The zero-order valence-electron chi connectivity index (χ0n) is 8.91. The molecule has 0 spiro atoms. The van der Waals surface area contributed by atoms with Gasteiger partial charge in [-0.05, 0) is 24.3 Å². The van der Waals surface area contributed by atoms with Gasteiger partial charge in [0.25, 0.3) is 0 Å². The summed E-state index contributed by atoms with van der Waals surface area (Å²) in [5.41, 5.74) is 0.896. The van der Waals surface area contributed by atoms with Gasteiger partial charge in [0.1, 0.15) is 5.75 Å². The monoisotopic (exact) mass is 317 g/mol. The van der Waals surface area contributed by atoms with Gasteiger partial charge in [0.15, 0.2) is 0 Å². The predicted octanol–water partition coefficient (Wildman–Crippen LogP) is 4.41. The van der Waals surface area contributed by atoms with Gasteiger partial charge in [-0.2, -0.15) is 0 Å². The Balaban J connectivity index is 2.47. The summed E-state index contributed by atoms with van der Waals surface area (Å²) in [7, 11) is 0. The van der Waals surface area contributed by atoms with Crippen molar-refractivity contribution in [2.45, 2.75) is 6.36 Å². The van der Waals surface area contributed by atoms with Gasteiger partial charge in [0.2, 0.25) is 0 Å². The van der Waals surface area contributed by atoms with Crippen LogP contribution in [0.1, 0.15) is 0 Å². The van der Waals surface area contributed by atoms with E-state index >= 15 is 0 Å². The molecule has 6 heteroatoms. The van der Waals surface area contributed by atoms with Crippen molar-refractivity contribution in [2.75, 3.05) is 0 Å². The summed E-state index contributed by atoms with van der Waals surface area (Å²) in [6.07, 6.45) is -1.70. The van der Waals surface area contributed by atoms with Crippen LogP contribution in [-0.4, -0.2) is 11.3 Å². The molecule has 1 heterocycles. The maximum atomic E-state index is 12.3. The first-order chi connectivity index (χ1) is 8.46. The van der Waals surface area contributed by atoms with Crippen molar-refractivity contribution in [3.63, 3.8) is 0 Å². The van der Waals surface area contributed by atoms with Crippen LogP contribution in [0.5, 0.6) is 5.75 Å². The molecule has 0 aliphatic rings. The van der Waals surface area contributed by atoms with Crippen LogP contribution in [-0.2, 0) is 0 Å². The average Bonchev–Trinajstić information content (AvgIpc) is 2.28. The zero-order chi connectivity index (χ0) is 13.2. The van der Waals surface area contributed by atoms with E-state index in [1.807, 2.05) is 0 Å². The van der Waals surface area contributed by atoms with E-state index in [1.54, 1.807) is 30.5 Å². The highest BCUT2D eigenvalue weighted by molar-refractivity contribution is 9.10. The molecular formula is C12H7BrF3NO. The molecule has 0 fully saturated rings. The largest absolute Gasteiger partial charge is 0.573 e. The standard InChI is InChI=1S/C12H7BrF3NO/c13-9-3-4-10(8-2-1-5-17-7-8)11(6-9)18-12(14,15)16/h1-7H. The van der Waals surface area contributed by atoms with Gasteiger partial charge in [0.05, 0.1) is 0 Å². The number of pyridine rings is 1. The van der Waals surface area contributed by atoms with Gasteiger partial charge >= 0.3 is 6.36 Å². The maximum absolute atomic E-state index is 12.3. The third-order valence-corrected chi connectivity index (χ3v) is 2.64. The lowest BCUT2D eigenvalue weighted by molar-refractivity contribution is -0.274. The summed E-state index contributed by atoms with van der Waals surface area (Å²) in [4.78, 5) is 3.87. The summed E-state index contributed by atoms with van der Waals surface area (Å²) in [6, 6.07) is 7.78. The summed E-state index contributed by atoms with van der Waals surface area (Å²) < 4.78 is 41.5. The molecule has 0 unspecified atom stereocenters. The number of halogens is 4. The molecule has 0 aliphatic heterocycles. The fourth-order valence-corrected chi connectivity index (χ4v) is 1.81. The molecule has 0 atom stereocenters. The highest BCUT2D eigenvalue weighted by Gasteiger charge is 2.32. The lowest BCUT2D eigenvalue weighted by Gasteiger charge is -2.13. The number of hydrogen-bond acceptors (Lipinski definition) is 2. The van der Waals surface area contributed by atoms with Gasteiger partial charge in [-0.3, -0.25) is 4.98 Å². The van der Waals surface area contributed by atoms with Crippen LogP contribution < -0.4 is 4.74 Å². The minimum Gasteiger partial charge on any atom is -0.405 e. The Bertz CT molecular complexity index is 543. The molecule has 1 aromatic carbocycles. The Morgan fingerprint density at radius 3 is 2.56 bits per heavy atom. The summed E-state index contributed by atoms with van der Waals surface area (Å²) in [5, 5.41) is 0. The molecule has 0 aliphatic carbocycles. The molecule has 0 amide bonds. The maximum Gasteiger partial charge on any atom is 0.573 e. The third-order valence-electron chi connectivity index (χ3n) is 2.14. The molecule has 0 bridgehead atoms. The van der Waals surface area contributed by atoms with E-state index in [0.29, 0.717) is 15.6 Å². The molecule has 18 heavy (non-hydrogen) atoms. The predicted molar refractivity (Wildman–Crippen MR) is 64.1 cm³/mol. The van der Waals surface area contributed by atoms with E-state index in [4.69, 9.17) is 0 Å². The Hall–Kier alpha value is -1.56. The number of alkyl halides is 3. The second-order valence-electron chi connectivity index (χ2n) is 3.43. The summed E-state index contributed by atoms with van der Waals surface area (Å²) >= 11 is 3.11. The Morgan fingerprint density at radius 1 is 1.17 bits per heavy atom. The van der Waals surface area contributed by atoms with E-state index in [1.165, 1.54) is 12.3 Å². The first-order valence-electron chi connectivity index (χ1n) is 4.91. The second kappa shape index (κ2) is 4.97. The molecule has 0 saturated carbocycles. The van der Waals surface area contributed by atoms with Crippen LogP contribution in [0.4, 0.5) is 13.2 Å². The number of nitrogens with zero attached hydrogens (tertiary/aromatic N) is 1. The number of benzene rings is 1. The molecule has 0 radical (unpaired) electrons. The lowest BCUT2D eigenvalue weighted by atomic mass is 10.1. The minimum absolute atomic E-state index is 0.259. The molecule has 0 N–H and O–H groups in total. The van der Waals surface area contributed by atoms with Crippen LogP contribution in [0, 0.1) is 0 Å². The summed E-state index contributed by atoms with van der Waals surface area (Å²) in [6.45, 7) is 0. The first kappa shape index (κ1) is 12.9. The minimum atomic E-state index is -4.72. The number of ether oxygens (including phenoxy) is 1. The van der Waals surface area contributed by atoms with Crippen LogP contribution in [0.2, 0.25) is 0 Å². The Labute approximate surface area is 110 Å². The molecular weight excluding hydrogens is 311 g/mol.